The van der Waals surface area contributed by atoms with E-state index in [2.05, 4.69) is 20.8 Å². The molecule has 0 bridgehead atoms. The number of hydrogen-bond acceptors (Lipinski definition) is 4. The van der Waals surface area contributed by atoms with Crippen LogP contribution in [0.3, 0.4) is 0 Å². The Morgan fingerprint density at radius 2 is 1.82 bits per heavy atom. The minimum absolute atomic E-state index is 0.0724. The molecule has 1 aromatic rings. The van der Waals surface area contributed by atoms with Gasteiger partial charge in [-0.2, -0.15) is 0 Å². The van der Waals surface area contributed by atoms with Gasteiger partial charge >= 0.3 is 5.97 Å². The first-order valence-electron chi connectivity index (χ1n) is 7.91. The highest BCUT2D eigenvalue weighted by molar-refractivity contribution is 6.01. The van der Waals surface area contributed by atoms with Gasteiger partial charge in [-0.15, -0.1) is 0 Å². The quantitative estimate of drug-likeness (QED) is 0.802. The largest absolute Gasteiger partial charge is 0.545 e. The molecule has 1 fully saturated rings. The molecular weight excluding hydrogens is 280 g/mol. The number of carboxylic acid groups (broad SMARTS) is 1. The predicted octanol–water partition coefficient (Wildman–Crippen LogP) is 2.67. The molecule has 22 heavy (non-hydrogen) atoms. The van der Waals surface area contributed by atoms with Gasteiger partial charge < -0.3 is 14.6 Å². The van der Waals surface area contributed by atoms with Crippen LogP contribution >= 0.6 is 0 Å². The van der Waals surface area contributed by atoms with Crippen molar-refractivity contribution in [2.75, 3.05) is 0 Å². The second-order valence-corrected chi connectivity index (χ2v) is 6.60. The molecule has 2 rings (SSSR count). The molecule has 3 unspecified atom stereocenters. The summed E-state index contributed by atoms with van der Waals surface area (Å²) >= 11 is 0. The van der Waals surface area contributed by atoms with Crippen LogP contribution in [0.15, 0.2) is 24.3 Å². The maximum Gasteiger partial charge on any atom is 0.339 e. The van der Waals surface area contributed by atoms with Gasteiger partial charge in [0, 0.05) is 5.56 Å². The van der Waals surface area contributed by atoms with E-state index in [1.807, 2.05) is 0 Å². The van der Waals surface area contributed by atoms with Crippen LogP contribution in [-0.4, -0.2) is 18.0 Å². The fourth-order valence-electron chi connectivity index (χ4n) is 3.29. The first-order valence-corrected chi connectivity index (χ1v) is 7.91. The highest BCUT2D eigenvalue weighted by Gasteiger charge is 2.33. The minimum Gasteiger partial charge on any atom is -0.545 e. The smallest absolute Gasteiger partial charge is 0.339 e. The van der Waals surface area contributed by atoms with Crippen LogP contribution in [0.25, 0.3) is 0 Å². The Labute approximate surface area is 131 Å². The van der Waals surface area contributed by atoms with E-state index in [4.69, 9.17) is 4.74 Å². The van der Waals surface area contributed by atoms with Crippen LogP contribution in [0.1, 0.15) is 60.7 Å². The van der Waals surface area contributed by atoms with Crippen molar-refractivity contribution in [2.24, 2.45) is 17.8 Å². The third kappa shape index (κ3) is 3.67. The fraction of sp³-hybridized carbons (Fsp3) is 0.556. The van der Waals surface area contributed by atoms with Crippen LogP contribution < -0.4 is 5.11 Å². The molecule has 1 aliphatic carbocycles. The molecule has 1 aliphatic rings. The maximum absolute atomic E-state index is 12.4. The van der Waals surface area contributed by atoms with E-state index in [1.165, 1.54) is 12.1 Å². The molecule has 0 amide bonds. The van der Waals surface area contributed by atoms with Crippen molar-refractivity contribution in [2.45, 2.75) is 46.1 Å². The summed E-state index contributed by atoms with van der Waals surface area (Å²) in [5.74, 6) is -0.643. The number of hydrogen-bond donors (Lipinski definition) is 0. The molecule has 0 spiro atoms. The van der Waals surface area contributed by atoms with Gasteiger partial charge in [0.25, 0.3) is 0 Å². The number of rotatable bonds is 4. The Bertz CT molecular complexity index is 550. The number of carbonyl (C=O) groups is 2. The molecule has 4 nitrogen and oxygen atoms in total. The van der Waals surface area contributed by atoms with E-state index >= 15 is 0 Å². The Balaban J connectivity index is 2.18. The number of benzene rings is 1. The standard InChI is InChI=1S/C18H24O4/c1-11(2)13-9-8-12(3)10-16(13)22-18(21)15-7-5-4-6-14(15)17(19)20/h4-7,11-13,16H,8-10H2,1-3H3,(H,19,20)/p-1. The predicted molar refractivity (Wildman–Crippen MR) is 81.3 cm³/mol. The summed E-state index contributed by atoms with van der Waals surface area (Å²) in [5, 5.41) is 11.1. The summed E-state index contributed by atoms with van der Waals surface area (Å²) < 4.78 is 5.68. The normalized spacial score (nSPS) is 25.0. The van der Waals surface area contributed by atoms with E-state index in [-0.39, 0.29) is 17.2 Å². The molecular formula is C18H23O4-. The zero-order chi connectivity index (χ0) is 16.3. The van der Waals surface area contributed by atoms with E-state index in [9.17, 15) is 14.7 Å². The van der Waals surface area contributed by atoms with Crippen molar-refractivity contribution in [1.82, 2.24) is 0 Å². The van der Waals surface area contributed by atoms with Gasteiger partial charge in [0.05, 0.1) is 11.5 Å². The van der Waals surface area contributed by atoms with E-state index in [0.717, 1.165) is 19.3 Å². The van der Waals surface area contributed by atoms with Crippen molar-refractivity contribution in [1.29, 1.82) is 0 Å². The van der Waals surface area contributed by atoms with Crippen molar-refractivity contribution in [3.63, 3.8) is 0 Å². The average Bonchev–Trinajstić information content (AvgIpc) is 2.46. The molecule has 0 radical (unpaired) electrons. The van der Waals surface area contributed by atoms with Crippen LogP contribution in [-0.2, 0) is 4.74 Å². The van der Waals surface area contributed by atoms with Crippen LogP contribution in [0.4, 0.5) is 0 Å². The number of carbonyl (C=O) groups excluding carboxylic acids is 2. The van der Waals surface area contributed by atoms with Gasteiger partial charge in [0.2, 0.25) is 0 Å². The molecule has 4 heteroatoms. The zero-order valence-electron chi connectivity index (χ0n) is 13.4. The van der Waals surface area contributed by atoms with Gasteiger partial charge in [0.15, 0.2) is 0 Å². The number of aromatic carboxylic acids is 1. The third-order valence-corrected chi connectivity index (χ3v) is 4.59. The summed E-state index contributed by atoms with van der Waals surface area (Å²) in [6.45, 7) is 6.43. The van der Waals surface area contributed by atoms with Gasteiger partial charge in [-0.25, -0.2) is 4.79 Å². The summed E-state index contributed by atoms with van der Waals surface area (Å²) in [6, 6.07) is 6.05. The lowest BCUT2D eigenvalue weighted by molar-refractivity contribution is -0.255. The van der Waals surface area contributed by atoms with Crippen molar-refractivity contribution in [3.8, 4) is 0 Å². The molecule has 1 aromatic carbocycles. The Morgan fingerprint density at radius 3 is 2.41 bits per heavy atom. The van der Waals surface area contributed by atoms with E-state index < -0.39 is 11.9 Å². The molecule has 0 heterocycles. The molecule has 0 N–H and O–H groups in total. The SMILES string of the molecule is CC1CCC(C(C)C)C(OC(=O)c2ccccc2C(=O)[O-])C1. The van der Waals surface area contributed by atoms with Crippen LogP contribution in [0.2, 0.25) is 0 Å². The Kier molecular flexibility index (Phi) is 5.22. The second kappa shape index (κ2) is 6.95. The van der Waals surface area contributed by atoms with Crippen molar-refractivity contribution < 1.29 is 19.4 Å². The average molecular weight is 303 g/mol. The lowest BCUT2D eigenvalue weighted by atomic mass is 9.75. The first kappa shape index (κ1) is 16.5. The molecule has 120 valence electrons. The Hall–Kier alpha value is -1.84. The summed E-state index contributed by atoms with van der Waals surface area (Å²) in [5.41, 5.74) is -0.0410. The monoisotopic (exact) mass is 303 g/mol. The summed E-state index contributed by atoms with van der Waals surface area (Å²) in [4.78, 5) is 23.5. The minimum atomic E-state index is -1.36. The summed E-state index contributed by atoms with van der Waals surface area (Å²) in [6.07, 6.45) is 2.87. The number of carboxylic acids is 1. The third-order valence-electron chi connectivity index (χ3n) is 4.59. The lowest BCUT2D eigenvalue weighted by Gasteiger charge is -2.36. The number of ether oxygens (including phenoxy) is 1. The molecule has 3 atom stereocenters. The fourth-order valence-corrected chi connectivity index (χ4v) is 3.29. The van der Waals surface area contributed by atoms with E-state index in [1.54, 1.807) is 12.1 Å². The molecule has 0 aromatic heterocycles. The topological polar surface area (TPSA) is 66.4 Å². The molecule has 0 saturated heterocycles. The number of esters is 1. The van der Waals surface area contributed by atoms with Gasteiger partial charge in [-0.3, -0.25) is 0 Å². The molecule has 0 aliphatic heterocycles. The van der Waals surface area contributed by atoms with Crippen molar-refractivity contribution in [3.05, 3.63) is 35.4 Å². The Morgan fingerprint density at radius 1 is 1.18 bits per heavy atom. The second-order valence-electron chi connectivity index (χ2n) is 6.60. The van der Waals surface area contributed by atoms with Crippen molar-refractivity contribution >= 4 is 11.9 Å². The first-order chi connectivity index (χ1) is 10.4. The van der Waals surface area contributed by atoms with Crippen LogP contribution in [0.5, 0.6) is 0 Å². The van der Waals surface area contributed by atoms with Gasteiger partial charge in [0.1, 0.15) is 6.10 Å². The van der Waals surface area contributed by atoms with Crippen LogP contribution in [0, 0.1) is 17.8 Å². The summed E-state index contributed by atoms with van der Waals surface area (Å²) in [7, 11) is 0. The highest BCUT2D eigenvalue weighted by Crippen LogP contribution is 2.35. The maximum atomic E-state index is 12.4. The lowest BCUT2D eigenvalue weighted by Crippen LogP contribution is -2.36. The zero-order valence-corrected chi connectivity index (χ0v) is 13.4. The highest BCUT2D eigenvalue weighted by atomic mass is 16.5. The molecule has 1 saturated carbocycles. The van der Waals surface area contributed by atoms with E-state index in [0.29, 0.717) is 17.8 Å². The van der Waals surface area contributed by atoms with Gasteiger partial charge in [-0.05, 0) is 36.7 Å². The van der Waals surface area contributed by atoms with Gasteiger partial charge in [-0.1, -0.05) is 45.4 Å².